The Kier molecular flexibility index (Phi) is 11.3. The molecular weight excluding hydrogens is 372 g/mol. The summed E-state index contributed by atoms with van der Waals surface area (Å²) in [5.74, 6) is 0. The lowest BCUT2D eigenvalue weighted by Crippen LogP contribution is -1.93. The van der Waals surface area contributed by atoms with Gasteiger partial charge in [0.15, 0.2) is 0 Å². The van der Waals surface area contributed by atoms with Crippen LogP contribution in [0.15, 0.2) is 42.5 Å². The fourth-order valence-corrected chi connectivity index (χ4v) is 5.32. The molecule has 0 radical (unpaired) electrons. The molecule has 0 nitrogen and oxygen atoms in total. The van der Waals surface area contributed by atoms with Crippen LogP contribution in [0.3, 0.4) is 0 Å². The normalized spacial score (nSPS) is 12.2. The van der Waals surface area contributed by atoms with E-state index in [-0.39, 0.29) is 0 Å². The highest BCUT2D eigenvalue weighted by Crippen LogP contribution is 2.38. The van der Waals surface area contributed by atoms with Crippen molar-refractivity contribution in [2.75, 3.05) is 0 Å². The molecule has 0 saturated carbocycles. The summed E-state index contributed by atoms with van der Waals surface area (Å²) in [6.45, 7) is 2.30. The largest absolute Gasteiger partial charge is 0.0654 e. The molecule has 0 heterocycles. The zero-order valence-corrected chi connectivity index (χ0v) is 20.3. The Bertz CT molecular complexity index is 741. The minimum Gasteiger partial charge on any atom is -0.0654 e. The second-order valence-electron chi connectivity index (χ2n) is 9.83. The van der Waals surface area contributed by atoms with Gasteiger partial charge in [-0.3, -0.25) is 0 Å². The molecular formula is C31H46. The number of hydrogen-bond donors (Lipinski definition) is 0. The SMILES string of the molecule is CCCCCCCCCCCCCCCCCCc1cccc2c1Cc1ccccc1-2. The first-order valence-electron chi connectivity index (χ1n) is 13.6. The van der Waals surface area contributed by atoms with E-state index in [0.717, 1.165) is 6.42 Å². The van der Waals surface area contributed by atoms with Crippen molar-refractivity contribution in [2.45, 2.75) is 122 Å². The van der Waals surface area contributed by atoms with Gasteiger partial charge in [0.2, 0.25) is 0 Å². The van der Waals surface area contributed by atoms with E-state index < -0.39 is 0 Å². The van der Waals surface area contributed by atoms with Gasteiger partial charge >= 0.3 is 0 Å². The Hall–Kier alpha value is -1.56. The highest BCUT2D eigenvalue weighted by atomic mass is 14.2. The van der Waals surface area contributed by atoms with Gasteiger partial charge in [-0.15, -0.1) is 0 Å². The molecule has 0 heteroatoms. The molecule has 2 aromatic carbocycles. The third-order valence-electron chi connectivity index (χ3n) is 7.25. The molecule has 3 rings (SSSR count). The lowest BCUT2D eigenvalue weighted by Gasteiger charge is -2.09. The number of rotatable bonds is 17. The molecule has 2 aromatic rings. The molecule has 0 fully saturated rings. The quantitative estimate of drug-likeness (QED) is 0.191. The lowest BCUT2D eigenvalue weighted by atomic mass is 9.96. The van der Waals surface area contributed by atoms with Crippen LogP contribution in [-0.2, 0) is 12.8 Å². The van der Waals surface area contributed by atoms with Gasteiger partial charge in [-0.25, -0.2) is 0 Å². The summed E-state index contributed by atoms with van der Waals surface area (Å²) in [5.41, 5.74) is 7.66. The Labute approximate surface area is 192 Å². The number of hydrogen-bond acceptors (Lipinski definition) is 0. The summed E-state index contributed by atoms with van der Waals surface area (Å²) < 4.78 is 0. The van der Waals surface area contributed by atoms with E-state index in [1.54, 1.807) is 11.1 Å². The fraction of sp³-hybridized carbons (Fsp3) is 0.613. The Morgan fingerprint density at radius 2 is 1.03 bits per heavy atom. The van der Waals surface area contributed by atoms with Crippen LogP contribution in [0.1, 0.15) is 126 Å². The molecule has 1 aliphatic carbocycles. The maximum Gasteiger partial charge on any atom is -0.00107 e. The molecule has 1 aliphatic rings. The van der Waals surface area contributed by atoms with Crippen molar-refractivity contribution in [3.63, 3.8) is 0 Å². The van der Waals surface area contributed by atoms with Crippen LogP contribution in [0.4, 0.5) is 0 Å². The monoisotopic (exact) mass is 418 g/mol. The Morgan fingerprint density at radius 1 is 0.516 bits per heavy atom. The summed E-state index contributed by atoms with van der Waals surface area (Å²) in [7, 11) is 0. The van der Waals surface area contributed by atoms with E-state index in [2.05, 4.69) is 49.4 Å². The predicted octanol–water partition coefficient (Wildman–Crippen LogP) is 10.1. The van der Waals surface area contributed by atoms with E-state index >= 15 is 0 Å². The van der Waals surface area contributed by atoms with Gasteiger partial charge in [-0.05, 0) is 47.1 Å². The third-order valence-corrected chi connectivity index (χ3v) is 7.25. The highest BCUT2D eigenvalue weighted by molar-refractivity contribution is 5.77. The van der Waals surface area contributed by atoms with Crippen molar-refractivity contribution in [2.24, 2.45) is 0 Å². The minimum absolute atomic E-state index is 1.14. The average Bonchev–Trinajstić information content (AvgIpc) is 3.18. The van der Waals surface area contributed by atoms with E-state index in [9.17, 15) is 0 Å². The van der Waals surface area contributed by atoms with E-state index in [1.165, 1.54) is 126 Å². The molecule has 0 amide bonds. The first kappa shape index (κ1) is 24.1. The molecule has 0 aromatic heterocycles. The topological polar surface area (TPSA) is 0 Å². The number of aryl methyl sites for hydroxylation is 1. The van der Waals surface area contributed by atoms with Gasteiger partial charge in [0.25, 0.3) is 0 Å². The van der Waals surface area contributed by atoms with Gasteiger partial charge < -0.3 is 0 Å². The maximum absolute atomic E-state index is 2.37. The minimum atomic E-state index is 1.14. The van der Waals surface area contributed by atoms with Gasteiger partial charge in [-0.2, -0.15) is 0 Å². The first-order chi connectivity index (χ1) is 15.4. The molecule has 0 atom stereocenters. The van der Waals surface area contributed by atoms with Crippen LogP contribution in [0.25, 0.3) is 11.1 Å². The van der Waals surface area contributed by atoms with Crippen LogP contribution in [0.2, 0.25) is 0 Å². The zero-order chi connectivity index (χ0) is 21.6. The number of fused-ring (bicyclic) bond motifs is 3. The van der Waals surface area contributed by atoms with Gasteiger partial charge in [0.1, 0.15) is 0 Å². The summed E-state index contributed by atoms with van der Waals surface area (Å²) in [6.07, 6.45) is 25.5. The van der Waals surface area contributed by atoms with Crippen LogP contribution < -0.4 is 0 Å². The van der Waals surface area contributed by atoms with Crippen molar-refractivity contribution in [1.82, 2.24) is 0 Å². The summed E-state index contributed by atoms with van der Waals surface area (Å²) in [4.78, 5) is 0. The zero-order valence-electron chi connectivity index (χ0n) is 20.3. The van der Waals surface area contributed by atoms with Crippen molar-refractivity contribution >= 4 is 0 Å². The second kappa shape index (κ2) is 14.5. The number of benzene rings is 2. The standard InChI is InChI=1S/C31H46/c1-2-3-4-5-6-7-8-9-10-11-12-13-14-15-16-17-21-27-23-20-25-30-29-24-19-18-22-28(29)26-31(27)30/h18-20,22-25H,2-17,21,26H2,1H3. The molecule has 0 N–H and O–H groups in total. The second-order valence-corrected chi connectivity index (χ2v) is 9.83. The molecule has 0 saturated heterocycles. The van der Waals surface area contributed by atoms with Crippen LogP contribution in [-0.4, -0.2) is 0 Å². The average molecular weight is 419 g/mol. The first-order valence-corrected chi connectivity index (χ1v) is 13.6. The Balaban J connectivity index is 1.16. The van der Waals surface area contributed by atoms with E-state index in [4.69, 9.17) is 0 Å². The molecule has 31 heavy (non-hydrogen) atoms. The maximum atomic E-state index is 2.37. The highest BCUT2D eigenvalue weighted by Gasteiger charge is 2.19. The van der Waals surface area contributed by atoms with Crippen LogP contribution in [0, 0.1) is 0 Å². The van der Waals surface area contributed by atoms with Crippen molar-refractivity contribution < 1.29 is 0 Å². The summed E-state index contributed by atoms with van der Waals surface area (Å²) in [6, 6.07) is 15.9. The van der Waals surface area contributed by atoms with Gasteiger partial charge in [0, 0.05) is 0 Å². The van der Waals surface area contributed by atoms with Crippen LogP contribution in [0.5, 0.6) is 0 Å². The van der Waals surface area contributed by atoms with E-state index in [0.29, 0.717) is 0 Å². The molecule has 0 aliphatic heterocycles. The molecule has 0 unspecified atom stereocenters. The molecule has 0 spiro atoms. The molecule has 0 bridgehead atoms. The summed E-state index contributed by atoms with van der Waals surface area (Å²) in [5, 5.41) is 0. The smallest absolute Gasteiger partial charge is 0.00107 e. The van der Waals surface area contributed by atoms with E-state index in [1.807, 2.05) is 0 Å². The van der Waals surface area contributed by atoms with Gasteiger partial charge in [0.05, 0.1) is 0 Å². The molecule has 170 valence electrons. The van der Waals surface area contributed by atoms with Crippen LogP contribution >= 0.6 is 0 Å². The third kappa shape index (κ3) is 8.13. The fourth-order valence-electron chi connectivity index (χ4n) is 5.32. The lowest BCUT2D eigenvalue weighted by molar-refractivity contribution is 0.529. The predicted molar refractivity (Wildman–Crippen MR) is 138 cm³/mol. The number of unbranched alkanes of at least 4 members (excludes halogenated alkanes) is 15. The summed E-state index contributed by atoms with van der Waals surface area (Å²) >= 11 is 0. The van der Waals surface area contributed by atoms with Crippen molar-refractivity contribution in [3.05, 3.63) is 59.2 Å². The van der Waals surface area contributed by atoms with Crippen molar-refractivity contribution in [3.8, 4) is 11.1 Å². The van der Waals surface area contributed by atoms with Gasteiger partial charge in [-0.1, -0.05) is 146 Å². The van der Waals surface area contributed by atoms with Crippen molar-refractivity contribution in [1.29, 1.82) is 0 Å². The Morgan fingerprint density at radius 3 is 1.65 bits per heavy atom.